The van der Waals surface area contributed by atoms with Gasteiger partial charge in [-0.1, -0.05) is 6.07 Å². The van der Waals surface area contributed by atoms with Crippen LogP contribution in [-0.4, -0.2) is 39.1 Å². The van der Waals surface area contributed by atoms with Gasteiger partial charge in [0.2, 0.25) is 0 Å². The first-order valence-electron chi connectivity index (χ1n) is 8.29. The highest BCUT2D eigenvalue weighted by Gasteiger charge is 2.16. The van der Waals surface area contributed by atoms with Crippen molar-refractivity contribution in [1.29, 1.82) is 0 Å². The quantitative estimate of drug-likeness (QED) is 0.735. The first kappa shape index (κ1) is 16.0. The summed E-state index contributed by atoms with van der Waals surface area (Å²) in [5, 5.41) is 16.2. The third-order valence-electron chi connectivity index (χ3n) is 4.27. The minimum absolute atomic E-state index is 0.246. The van der Waals surface area contributed by atoms with Crippen LogP contribution in [0, 0.1) is 5.92 Å². The molecule has 25 heavy (non-hydrogen) atoms. The zero-order valence-electron chi connectivity index (χ0n) is 13.6. The van der Waals surface area contributed by atoms with Gasteiger partial charge < -0.3 is 10.1 Å². The molecule has 2 N–H and O–H groups in total. The summed E-state index contributed by atoms with van der Waals surface area (Å²) in [4.78, 5) is 13.4. The number of ether oxygens (including phenoxy) is 1. The standard InChI is InChI=1S/C17H19N5O2S/c23-17(15-8-14(20-21-15)16-2-1-7-25-16)19-13-9-18-22(11-13)10-12-3-5-24-6-4-12/h1-2,7-9,11-12H,3-6,10H2,(H,19,23)(H,20,21). The molecule has 0 aromatic carbocycles. The summed E-state index contributed by atoms with van der Waals surface area (Å²) in [7, 11) is 0. The van der Waals surface area contributed by atoms with Crippen molar-refractivity contribution in [3.63, 3.8) is 0 Å². The van der Waals surface area contributed by atoms with Crippen molar-refractivity contribution in [2.45, 2.75) is 19.4 Å². The zero-order chi connectivity index (χ0) is 17.1. The normalized spacial score (nSPS) is 15.4. The Bertz CT molecular complexity index is 833. The van der Waals surface area contributed by atoms with Crippen molar-refractivity contribution in [2.24, 2.45) is 5.92 Å². The fraction of sp³-hybridized carbons (Fsp3) is 0.353. The molecule has 130 valence electrons. The van der Waals surface area contributed by atoms with Crippen molar-refractivity contribution in [3.05, 3.63) is 41.7 Å². The molecule has 7 nitrogen and oxygen atoms in total. The van der Waals surface area contributed by atoms with E-state index in [0.717, 1.165) is 43.2 Å². The molecule has 0 radical (unpaired) electrons. The summed E-state index contributed by atoms with van der Waals surface area (Å²) in [6, 6.07) is 5.71. The van der Waals surface area contributed by atoms with Crippen LogP contribution in [0.1, 0.15) is 23.3 Å². The lowest BCUT2D eigenvalue weighted by atomic mass is 10.0. The summed E-state index contributed by atoms with van der Waals surface area (Å²) in [5.74, 6) is 0.335. The van der Waals surface area contributed by atoms with Gasteiger partial charge in [-0.05, 0) is 36.3 Å². The minimum atomic E-state index is -0.246. The van der Waals surface area contributed by atoms with Crippen LogP contribution in [0.4, 0.5) is 5.69 Å². The molecule has 4 rings (SSSR count). The Hall–Kier alpha value is -2.45. The average molecular weight is 357 g/mol. The van der Waals surface area contributed by atoms with Gasteiger partial charge in [-0.3, -0.25) is 14.6 Å². The fourth-order valence-corrected chi connectivity index (χ4v) is 3.61. The lowest BCUT2D eigenvalue weighted by Gasteiger charge is -2.21. The number of nitrogens with zero attached hydrogens (tertiary/aromatic N) is 3. The van der Waals surface area contributed by atoms with Crippen molar-refractivity contribution in [2.75, 3.05) is 18.5 Å². The molecule has 0 atom stereocenters. The maximum atomic E-state index is 12.4. The molecule has 4 heterocycles. The van der Waals surface area contributed by atoms with Crippen LogP contribution in [0.15, 0.2) is 36.0 Å². The number of hydrogen-bond acceptors (Lipinski definition) is 5. The fourth-order valence-electron chi connectivity index (χ4n) is 2.91. The van der Waals surface area contributed by atoms with E-state index in [-0.39, 0.29) is 5.91 Å². The number of H-pyrrole nitrogens is 1. The van der Waals surface area contributed by atoms with Gasteiger partial charge in [0.1, 0.15) is 0 Å². The molecule has 0 unspecified atom stereocenters. The average Bonchev–Trinajstić information content (AvgIpc) is 3.37. The van der Waals surface area contributed by atoms with Gasteiger partial charge >= 0.3 is 0 Å². The number of hydrogen-bond donors (Lipinski definition) is 2. The van der Waals surface area contributed by atoms with Crippen LogP contribution in [0.5, 0.6) is 0 Å². The van der Waals surface area contributed by atoms with Crippen molar-refractivity contribution >= 4 is 22.9 Å². The highest BCUT2D eigenvalue weighted by atomic mass is 32.1. The number of thiophene rings is 1. The van der Waals surface area contributed by atoms with E-state index >= 15 is 0 Å². The predicted octanol–water partition coefficient (Wildman–Crippen LogP) is 3.01. The van der Waals surface area contributed by atoms with E-state index in [1.165, 1.54) is 0 Å². The smallest absolute Gasteiger partial charge is 0.276 e. The SMILES string of the molecule is O=C(Nc1cnn(CC2CCOCC2)c1)c1cc(-c2cccs2)[nH]n1. The Balaban J connectivity index is 1.38. The van der Waals surface area contributed by atoms with Crippen molar-refractivity contribution in [3.8, 4) is 10.6 Å². The van der Waals surface area contributed by atoms with Gasteiger partial charge in [-0.15, -0.1) is 11.3 Å². The first-order valence-corrected chi connectivity index (χ1v) is 9.17. The van der Waals surface area contributed by atoms with Crippen molar-refractivity contribution in [1.82, 2.24) is 20.0 Å². The van der Waals surface area contributed by atoms with Gasteiger partial charge in [0, 0.05) is 26.0 Å². The molecule has 1 fully saturated rings. The molecule has 1 amide bonds. The second-order valence-electron chi connectivity index (χ2n) is 6.11. The van der Waals surface area contributed by atoms with Crippen LogP contribution in [-0.2, 0) is 11.3 Å². The first-order chi connectivity index (χ1) is 12.3. The second-order valence-corrected chi connectivity index (χ2v) is 7.05. The van der Waals surface area contributed by atoms with Gasteiger partial charge in [0.05, 0.1) is 22.5 Å². The topological polar surface area (TPSA) is 84.8 Å². The van der Waals surface area contributed by atoms with E-state index in [0.29, 0.717) is 17.3 Å². The van der Waals surface area contributed by atoms with Crippen molar-refractivity contribution < 1.29 is 9.53 Å². The molecule has 0 bridgehead atoms. The van der Waals surface area contributed by atoms with Gasteiger partial charge in [0.15, 0.2) is 5.69 Å². The van der Waals surface area contributed by atoms with E-state index in [9.17, 15) is 4.79 Å². The number of nitrogens with one attached hydrogen (secondary N) is 2. The Morgan fingerprint density at radius 1 is 1.44 bits per heavy atom. The Labute approximate surface area is 149 Å². The predicted molar refractivity (Wildman–Crippen MR) is 95.6 cm³/mol. The largest absolute Gasteiger partial charge is 0.381 e. The molecule has 8 heteroatoms. The number of anilines is 1. The van der Waals surface area contributed by atoms with Crippen LogP contribution in [0.2, 0.25) is 0 Å². The van der Waals surface area contributed by atoms with E-state index in [1.54, 1.807) is 23.6 Å². The molecule has 1 saturated heterocycles. The number of aromatic nitrogens is 4. The lowest BCUT2D eigenvalue weighted by molar-refractivity contribution is 0.0601. The van der Waals surface area contributed by atoms with E-state index in [1.807, 2.05) is 28.4 Å². The van der Waals surface area contributed by atoms with E-state index < -0.39 is 0 Å². The monoisotopic (exact) mass is 357 g/mol. The van der Waals surface area contributed by atoms with Gasteiger partial charge in [-0.2, -0.15) is 10.2 Å². The van der Waals surface area contributed by atoms with Crippen LogP contribution in [0.3, 0.4) is 0 Å². The Kier molecular flexibility index (Phi) is 4.62. The molecule has 3 aromatic heterocycles. The van der Waals surface area contributed by atoms with Crippen LogP contribution in [0.25, 0.3) is 10.6 Å². The molecule has 0 spiro atoms. The number of carbonyl (C=O) groups excluding carboxylic acids is 1. The number of amides is 1. The third-order valence-corrected chi connectivity index (χ3v) is 5.18. The summed E-state index contributed by atoms with van der Waals surface area (Å²) in [6.07, 6.45) is 5.64. The highest BCUT2D eigenvalue weighted by molar-refractivity contribution is 7.13. The molecule has 3 aromatic rings. The molecule has 1 aliphatic heterocycles. The second kappa shape index (κ2) is 7.20. The maximum absolute atomic E-state index is 12.4. The maximum Gasteiger partial charge on any atom is 0.276 e. The molecule has 0 saturated carbocycles. The van der Waals surface area contributed by atoms with Gasteiger partial charge in [0.25, 0.3) is 5.91 Å². The summed E-state index contributed by atoms with van der Waals surface area (Å²) in [6.45, 7) is 2.49. The molecular weight excluding hydrogens is 338 g/mol. The Morgan fingerprint density at radius 2 is 2.32 bits per heavy atom. The molecule has 0 aliphatic carbocycles. The Morgan fingerprint density at radius 3 is 3.12 bits per heavy atom. The number of rotatable bonds is 5. The lowest BCUT2D eigenvalue weighted by Crippen LogP contribution is -2.20. The zero-order valence-corrected chi connectivity index (χ0v) is 14.5. The van der Waals surface area contributed by atoms with Gasteiger partial charge in [-0.25, -0.2) is 0 Å². The highest BCUT2D eigenvalue weighted by Crippen LogP contribution is 2.23. The summed E-state index contributed by atoms with van der Waals surface area (Å²) in [5.41, 5.74) is 1.88. The van der Waals surface area contributed by atoms with Crippen LogP contribution >= 0.6 is 11.3 Å². The van der Waals surface area contributed by atoms with E-state index in [4.69, 9.17) is 4.74 Å². The van der Waals surface area contributed by atoms with E-state index in [2.05, 4.69) is 20.6 Å². The summed E-state index contributed by atoms with van der Waals surface area (Å²) < 4.78 is 7.26. The summed E-state index contributed by atoms with van der Waals surface area (Å²) >= 11 is 1.60. The minimum Gasteiger partial charge on any atom is -0.381 e. The third kappa shape index (κ3) is 3.80. The number of aromatic amines is 1. The van der Waals surface area contributed by atoms with Crippen LogP contribution < -0.4 is 5.32 Å². The number of carbonyl (C=O) groups is 1. The molecule has 1 aliphatic rings. The molecular formula is C17H19N5O2S.